The normalized spacial score (nSPS) is 22.6. The van der Waals surface area contributed by atoms with Crippen LogP contribution in [0.3, 0.4) is 0 Å². The first-order chi connectivity index (χ1) is 8.58. The number of nitrogens with zero attached hydrogens (tertiary/aromatic N) is 1. The molecule has 2 radical (unpaired) electrons. The Labute approximate surface area is 110 Å². The highest BCUT2D eigenvalue weighted by atomic mass is 16.5. The molecule has 2 aliphatic rings. The molecule has 2 heterocycles. The highest BCUT2D eigenvalue weighted by Gasteiger charge is 2.40. The molecular weight excluding hydrogens is 221 g/mol. The van der Waals surface area contributed by atoms with E-state index in [2.05, 4.69) is 18.5 Å². The van der Waals surface area contributed by atoms with Crippen LogP contribution in [-0.2, 0) is 0 Å². The molecule has 0 bridgehead atoms. The quantitative estimate of drug-likeness (QED) is 0.639. The maximum Gasteiger partial charge on any atom is 0.127 e. The van der Waals surface area contributed by atoms with Crippen molar-refractivity contribution >= 4 is 18.9 Å². The second kappa shape index (κ2) is 4.16. The van der Waals surface area contributed by atoms with Gasteiger partial charge < -0.3 is 9.64 Å². The van der Waals surface area contributed by atoms with Gasteiger partial charge in [0.25, 0.3) is 0 Å². The number of likely N-dealkylation sites (tertiary alicyclic amines) is 1. The number of benzene rings is 1. The summed E-state index contributed by atoms with van der Waals surface area (Å²) in [7, 11) is 7.99. The molecule has 1 saturated heterocycles. The second-order valence-corrected chi connectivity index (χ2v) is 5.62. The largest absolute Gasteiger partial charge is 0.486 e. The summed E-state index contributed by atoms with van der Waals surface area (Å²) in [5, 5.41) is 0. The molecule has 0 aromatic heterocycles. The van der Waals surface area contributed by atoms with Crippen LogP contribution >= 0.6 is 0 Å². The molecule has 1 fully saturated rings. The SMILES string of the molecule is [B]c1ccc2c(c1)C(=C)CC1(CCN(C)CC1)O2. The van der Waals surface area contributed by atoms with Crippen LogP contribution in [0.2, 0.25) is 0 Å². The van der Waals surface area contributed by atoms with Gasteiger partial charge in [-0.3, -0.25) is 0 Å². The Morgan fingerprint density at radius 3 is 2.78 bits per heavy atom. The van der Waals surface area contributed by atoms with Crippen LogP contribution in [0.1, 0.15) is 24.8 Å². The molecule has 0 aliphatic carbocycles. The average molecular weight is 239 g/mol. The summed E-state index contributed by atoms with van der Waals surface area (Å²) in [5.74, 6) is 0.949. The minimum atomic E-state index is -0.0350. The van der Waals surface area contributed by atoms with Gasteiger partial charge in [-0.05, 0) is 18.7 Å². The number of ether oxygens (including phenoxy) is 1. The van der Waals surface area contributed by atoms with Crippen molar-refractivity contribution in [3.63, 3.8) is 0 Å². The van der Waals surface area contributed by atoms with Crippen LogP contribution < -0.4 is 10.2 Å². The molecule has 2 nitrogen and oxygen atoms in total. The summed E-state index contributed by atoms with van der Waals surface area (Å²) in [4.78, 5) is 2.36. The van der Waals surface area contributed by atoms with Crippen LogP contribution in [0, 0.1) is 0 Å². The molecule has 2 aliphatic heterocycles. The van der Waals surface area contributed by atoms with Crippen molar-refractivity contribution < 1.29 is 4.74 Å². The van der Waals surface area contributed by atoms with Crippen molar-refractivity contribution in [3.8, 4) is 5.75 Å². The van der Waals surface area contributed by atoms with E-state index in [9.17, 15) is 0 Å². The fourth-order valence-corrected chi connectivity index (χ4v) is 2.97. The van der Waals surface area contributed by atoms with E-state index in [0.717, 1.165) is 54.7 Å². The molecule has 0 saturated carbocycles. The Bertz CT molecular complexity index is 489. The van der Waals surface area contributed by atoms with E-state index in [0.29, 0.717) is 0 Å². The topological polar surface area (TPSA) is 12.5 Å². The van der Waals surface area contributed by atoms with E-state index in [-0.39, 0.29) is 5.60 Å². The van der Waals surface area contributed by atoms with E-state index in [1.54, 1.807) is 0 Å². The summed E-state index contributed by atoms with van der Waals surface area (Å²) in [6.07, 6.45) is 3.08. The van der Waals surface area contributed by atoms with Crippen LogP contribution in [-0.4, -0.2) is 38.5 Å². The predicted octanol–water partition coefficient (Wildman–Crippen LogP) is 1.74. The zero-order valence-electron chi connectivity index (χ0n) is 10.9. The molecule has 18 heavy (non-hydrogen) atoms. The van der Waals surface area contributed by atoms with E-state index in [1.165, 1.54) is 0 Å². The molecule has 3 heteroatoms. The fraction of sp³-hybridized carbons (Fsp3) is 0.467. The lowest BCUT2D eigenvalue weighted by Gasteiger charge is -2.44. The van der Waals surface area contributed by atoms with Gasteiger partial charge in [-0.2, -0.15) is 0 Å². The molecule has 0 amide bonds. The van der Waals surface area contributed by atoms with E-state index in [4.69, 9.17) is 12.6 Å². The molecule has 92 valence electrons. The lowest BCUT2D eigenvalue weighted by atomic mass is 9.80. The number of fused-ring (bicyclic) bond motifs is 1. The minimum absolute atomic E-state index is 0.0350. The van der Waals surface area contributed by atoms with Gasteiger partial charge in [0.1, 0.15) is 19.2 Å². The molecule has 0 unspecified atom stereocenters. The maximum atomic E-state index is 6.29. The van der Waals surface area contributed by atoms with Crippen molar-refractivity contribution in [3.05, 3.63) is 30.3 Å². The standard InChI is InChI=1S/C15H18BNO/c1-11-10-15(5-7-17(2)8-6-15)18-14-4-3-12(16)9-13(11)14/h3-4,9H,1,5-8,10H2,2H3. The third-order valence-electron chi connectivity index (χ3n) is 4.14. The summed E-state index contributed by atoms with van der Waals surface area (Å²) in [6.45, 7) is 6.41. The molecule has 0 N–H and O–H groups in total. The molecule has 0 atom stereocenters. The van der Waals surface area contributed by atoms with Gasteiger partial charge in [0.2, 0.25) is 0 Å². The minimum Gasteiger partial charge on any atom is -0.486 e. The van der Waals surface area contributed by atoms with Crippen LogP contribution in [0.15, 0.2) is 24.8 Å². The van der Waals surface area contributed by atoms with Crippen molar-refractivity contribution in [1.82, 2.24) is 4.90 Å². The average Bonchev–Trinajstić information content (AvgIpc) is 2.35. The van der Waals surface area contributed by atoms with Gasteiger partial charge in [0, 0.05) is 37.9 Å². The number of piperidine rings is 1. The van der Waals surface area contributed by atoms with Crippen molar-refractivity contribution in [1.29, 1.82) is 0 Å². The van der Waals surface area contributed by atoms with Gasteiger partial charge in [-0.25, -0.2) is 0 Å². The van der Waals surface area contributed by atoms with Gasteiger partial charge in [0.05, 0.1) is 0 Å². The maximum absolute atomic E-state index is 6.29. The van der Waals surface area contributed by atoms with Gasteiger partial charge in [-0.15, -0.1) is 0 Å². The van der Waals surface area contributed by atoms with Gasteiger partial charge in [-0.1, -0.05) is 24.2 Å². The van der Waals surface area contributed by atoms with Gasteiger partial charge in [0.15, 0.2) is 0 Å². The van der Waals surface area contributed by atoms with Crippen molar-refractivity contribution in [2.24, 2.45) is 0 Å². The summed E-state index contributed by atoms with van der Waals surface area (Å²) in [5.41, 5.74) is 2.98. The first-order valence-electron chi connectivity index (χ1n) is 6.53. The number of rotatable bonds is 0. The second-order valence-electron chi connectivity index (χ2n) is 5.62. The zero-order chi connectivity index (χ0) is 12.8. The smallest absolute Gasteiger partial charge is 0.127 e. The summed E-state index contributed by atoms with van der Waals surface area (Å²) >= 11 is 0. The fourth-order valence-electron chi connectivity index (χ4n) is 2.97. The third-order valence-corrected chi connectivity index (χ3v) is 4.14. The van der Waals surface area contributed by atoms with Crippen LogP contribution in [0.25, 0.3) is 5.57 Å². The highest BCUT2D eigenvalue weighted by molar-refractivity contribution is 6.32. The summed E-state index contributed by atoms with van der Waals surface area (Å²) in [6, 6.07) is 5.86. The lowest BCUT2D eigenvalue weighted by Crippen LogP contribution is -2.48. The third kappa shape index (κ3) is 1.97. The summed E-state index contributed by atoms with van der Waals surface area (Å²) < 4.78 is 6.29. The monoisotopic (exact) mass is 239 g/mol. The van der Waals surface area contributed by atoms with E-state index < -0.39 is 0 Å². The Hall–Kier alpha value is -1.22. The lowest BCUT2D eigenvalue weighted by molar-refractivity contribution is 0.00724. The number of hydrogen-bond acceptors (Lipinski definition) is 2. The Kier molecular flexibility index (Phi) is 2.74. The zero-order valence-corrected chi connectivity index (χ0v) is 10.9. The first-order valence-corrected chi connectivity index (χ1v) is 6.53. The van der Waals surface area contributed by atoms with E-state index >= 15 is 0 Å². The van der Waals surface area contributed by atoms with Crippen molar-refractivity contribution in [2.45, 2.75) is 24.9 Å². The van der Waals surface area contributed by atoms with Gasteiger partial charge >= 0.3 is 0 Å². The van der Waals surface area contributed by atoms with Crippen LogP contribution in [0.5, 0.6) is 5.75 Å². The van der Waals surface area contributed by atoms with Crippen molar-refractivity contribution in [2.75, 3.05) is 20.1 Å². The Balaban J connectivity index is 1.92. The Morgan fingerprint density at radius 1 is 1.33 bits per heavy atom. The highest BCUT2D eigenvalue weighted by Crippen LogP contribution is 2.43. The molecule has 3 rings (SSSR count). The number of hydrogen-bond donors (Lipinski definition) is 0. The molecule has 1 aromatic rings. The Morgan fingerprint density at radius 2 is 2.06 bits per heavy atom. The van der Waals surface area contributed by atoms with Crippen LogP contribution in [0.4, 0.5) is 0 Å². The first kappa shape index (κ1) is 11.9. The van der Waals surface area contributed by atoms with E-state index in [1.807, 2.05) is 18.2 Å². The predicted molar refractivity (Wildman–Crippen MR) is 75.6 cm³/mol. The molecule has 1 spiro atoms. The molecular formula is C15H18BNO. The molecule has 1 aromatic carbocycles.